The summed E-state index contributed by atoms with van der Waals surface area (Å²) in [5, 5.41) is 4.69. The quantitative estimate of drug-likeness (QED) is 0.664. The van der Waals surface area contributed by atoms with Crippen molar-refractivity contribution in [1.29, 1.82) is 0 Å². The molecule has 7 heteroatoms. The van der Waals surface area contributed by atoms with Gasteiger partial charge in [-0.15, -0.1) is 0 Å². The number of amides is 1. The standard InChI is InChI=1S/C20H19ClN4O2/c21-16-5-3-14(4-6-16)17-2-1-13-25(17)19(26)8-7-18-23-20(24-27-18)15-9-11-22-12-10-15/h3-6,9-12,17H,1-2,7-8,13H2. The van der Waals surface area contributed by atoms with Crippen molar-refractivity contribution in [2.24, 2.45) is 0 Å². The highest BCUT2D eigenvalue weighted by molar-refractivity contribution is 6.30. The highest BCUT2D eigenvalue weighted by atomic mass is 35.5. The molecule has 0 bridgehead atoms. The average molecular weight is 383 g/mol. The number of hydrogen-bond donors (Lipinski definition) is 0. The number of rotatable bonds is 5. The Bertz CT molecular complexity index is 911. The summed E-state index contributed by atoms with van der Waals surface area (Å²) in [5.74, 6) is 1.09. The molecular weight excluding hydrogens is 364 g/mol. The fourth-order valence-electron chi connectivity index (χ4n) is 3.43. The van der Waals surface area contributed by atoms with E-state index in [0.29, 0.717) is 29.6 Å². The summed E-state index contributed by atoms with van der Waals surface area (Å²) in [4.78, 5) is 23.0. The molecule has 3 heterocycles. The Hall–Kier alpha value is -2.73. The molecule has 4 rings (SSSR count). The fourth-order valence-corrected chi connectivity index (χ4v) is 3.55. The first-order valence-electron chi connectivity index (χ1n) is 8.98. The van der Waals surface area contributed by atoms with Crippen LogP contribution in [0.3, 0.4) is 0 Å². The Morgan fingerprint density at radius 1 is 1.19 bits per heavy atom. The average Bonchev–Trinajstić information content (AvgIpc) is 3.37. The van der Waals surface area contributed by atoms with Gasteiger partial charge in [0.2, 0.25) is 17.6 Å². The van der Waals surface area contributed by atoms with Crippen LogP contribution in [0.4, 0.5) is 0 Å². The Balaban J connectivity index is 1.39. The molecule has 0 radical (unpaired) electrons. The third-order valence-electron chi connectivity index (χ3n) is 4.79. The number of aromatic nitrogens is 3. The van der Waals surface area contributed by atoms with Crippen LogP contribution in [0.1, 0.15) is 36.8 Å². The minimum Gasteiger partial charge on any atom is -0.339 e. The van der Waals surface area contributed by atoms with E-state index in [1.54, 1.807) is 12.4 Å². The van der Waals surface area contributed by atoms with E-state index < -0.39 is 0 Å². The van der Waals surface area contributed by atoms with Crippen LogP contribution in [0.15, 0.2) is 53.3 Å². The normalized spacial score (nSPS) is 16.6. The minimum atomic E-state index is 0.108. The molecule has 1 atom stereocenters. The van der Waals surface area contributed by atoms with E-state index >= 15 is 0 Å². The maximum absolute atomic E-state index is 12.7. The summed E-state index contributed by atoms with van der Waals surface area (Å²) < 4.78 is 5.29. The van der Waals surface area contributed by atoms with E-state index in [9.17, 15) is 4.79 Å². The lowest BCUT2D eigenvalue weighted by molar-refractivity contribution is -0.132. The molecule has 1 aliphatic heterocycles. The molecule has 1 aliphatic rings. The summed E-state index contributed by atoms with van der Waals surface area (Å²) in [5.41, 5.74) is 1.97. The zero-order valence-corrected chi connectivity index (χ0v) is 15.5. The molecule has 1 unspecified atom stereocenters. The van der Waals surface area contributed by atoms with Gasteiger partial charge in [-0.25, -0.2) is 0 Å². The van der Waals surface area contributed by atoms with E-state index in [1.165, 1.54) is 0 Å². The number of nitrogens with zero attached hydrogens (tertiary/aromatic N) is 4. The number of carbonyl (C=O) groups excluding carboxylic acids is 1. The second-order valence-electron chi connectivity index (χ2n) is 6.54. The Morgan fingerprint density at radius 3 is 2.74 bits per heavy atom. The smallest absolute Gasteiger partial charge is 0.227 e. The van der Waals surface area contributed by atoms with Gasteiger partial charge in [-0.1, -0.05) is 28.9 Å². The van der Waals surface area contributed by atoms with Crippen molar-refractivity contribution in [2.45, 2.75) is 31.7 Å². The highest BCUT2D eigenvalue weighted by Gasteiger charge is 2.29. The van der Waals surface area contributed by atoms with Crippen molar-refractivity contribution in [3.05, 3.63) is 65.3 Å². The predicted molar refractivity (Wildman–Crippen MR) is 101 cm³/mol. The molecule has 0 aliphatic carbocycles. The number of benzene rings is 1. The third kappa shape index (κ3) is 4.01. The van der Waals surface area contributed by atoms with Crippen LogP contribution in [0.2, 0.25) is 5.02 Å². The summed E-state index contributed by atoms with van der Waals surface area (Å²) in [6.45, 7) is 0.776. The van der Waals surface area contributed by atoms with Crippen LogP contribution in [0.5, 0.6) is 0 Å². The SMILES string of the molecule is O=C(CCc1nc(-c2ccncc2)no1)N1CCCC1c1ccc(Cl)cc1. The van der Waals surface area contributed by atoms with Crippen molar-refractivity contribution >= 4 is 17.5 Å². The van der Waals surface area contributed by atoms with Crippen LogP contribution < -0.4 is 0 Å². The molecule has 2 aromatic heterocycles. The van der Waals surface area contributed by atoms with Crippen molar-refractivity contribution in [1.82, 2.24) is 20.0 Å². The molecule has 27 heavy (non-hydrogen) atoms. The minimum absolute atomic E-state index is 0.108. The van der Waals surface area contributed by atoms with Gasteiger partial charge in [0, 0.05) is 42.4 Å². The van der Waals surface area contributed by atoms with Gasteiger partial charge in [0.1, 0.15) is 0 Å². The topological polar surface area (TPSA) is 72.1 Å². The lowest BCUT2D eigenvalue weighted by Gasteiger charge is -2.25. The first-order valence-corrected chi connectivity index (χ1v) is 9.36. The van der Waals surface area contributed by atoms with Gasteiger partial charge in [-0.2, -0.15) is 4.98 Å². The molecular formula is C20H19ClN4O2. The van der Waals surface area contributed by atoms with Gasteiger partial charge in [0.15, 0.2) is 0 Å². The highest BCUT2D eigenvalue weighted by Crippen LogP contribution is 2.33. The van der Waals surface area contributed by atoms with E-state index in [2.05, 4.69) is 15.1 Å². The van der Waals surface area contributed by atoms with Crippen molar-refractivity contribution < 1.29 is 9.32 Å². The molecule has 6 nitrogen and oxygen atoms in total. The van der Waals surface area contributed by atoms with E-state index in [-0.39, 0.29) is 11.9 Å². The number of carbonyl (C=O) groups is 1. The summed E-state index contributed by atoms with van der Waals surface area (Å²) in [7, 11) is 0. The zero-order chi connectivity index (χ0) is 18.6. The first kappa shape index (κ1) is 17.7. The molecule has 0 N–H and O–H groups in total. The number of pyridine rings is 1. The molecule has 3 aromatic rings. The molecule has 1 saturated heterocycles. The van der Waals surface area contributed by atoms with Crippen LogP contribution in [0.25, 0.3) is 11.4 Å². The Labute approximate surface area is 162 Å². The van der Waals surface area contributed by atoms with Crippen LogP contribution >= 0.6 is 11.6 Å². The van der Waals surface area contributed by atoms with Crippen LogP contribution in [-0.4, -0.2) is 32.5 Å². The lowest BCUT2D eigenvalue weighted by Crippen LogP contribution is -2.30. The molecule has 0 saturated carbocycles. The summed E-state index contributed by atoms with van der Waals surface area (Å²) >= 11 is 5.97. The maximum Gasteiger partial charge on any atom is 0.227 e. The van der Waals surface area contributed by atoms with Crippen molar-refractivity contribution in [2.75, 3.05) is 6.54 Å². The number of aryl methyl sites for hydroxylation is 1. The second kappa shape index (κ2) is 7.88. The maximum atomic E-state index is 12.7. The van der Waals surface area contributed by atoms with Crippen LogP contribution in [0, 0.1) is 0 Å². The van der Waals surface area contributed by atoms with Crippen LogP contribution in [-0.2, 0) is 11.2 Å². The van der Waals surface area contributed by atoms with Gasteiger partial charge in [0.05, 0.1) is 6.04 Å². The van der Waals surface area contributed by atoms with E-state index in [4.69, 9.17) is 16.1 Å². The summed E-state index contributed by atoms with van der Waals surface area (Å²) in [6, 6.07) is 11.5. The predicted octanol–water partition coefficient (Wildman–Crippen LogP) is 4.08. The molecule has 1 fully saturated rings. The first-order chi connectivity index (χ1) is 13.2. The number of halogens is 1. The monoisotopic (exact) mass is 382 g/mol. The van der Waals surface area contributed by atoms with Crippen molar-refractivity contribution in [3.63, 3.8) is 0 Å². The van der Waals surface area contributed by atoms with Gasteiger partial charge in [0.25, 0.3) is 0 Å². The third-order valence-corrected chi connectivity index (χ3v) is 5.04. The van der Waals surface area contributed by atoms with Gasteiger partial charge in [-0.05, 0) is 42.7 Å². The largest absolute Gasteiger partial charge is 0.339 e. The molecule has 1 amide bonds. The zero-order valence-electron chi connectivity index (χ0n) is 14.7. The second-order valence-corrected chi connectivity index (χ2v) is 6.98. The number of hydrogen-bond acceptors (Lipinski definition) is 5. The van der Waals surface area contributed by atoms with Gasteiger partial charge in [-0.3, -0.25) is 9.78 Å². The molecule has 138 valence electrons. The van der Waals surface area contributed by atoms with Crippen molar-refractivity contribution in [3.8, 4) is 11.4 Å². The molecule has 1 aromatic carbocycles. The van der Waals surface area contributed by atoms with E-state index in [0.717, 1.165) is 30.5 Å². The lowest BCUT2D eigenvalue weighted by atomic mass is 10.0. The summed E-state index contributed by atoms with van der Waals surface area (Å²) in [6.07, 6.45) is 6.12. The Morgan fingerprint density at radius 2 is 1.96 bits per heavy atom. The fraction of sp³-hybridized carbons (Fsp3) is 0.300. The van der Waals surface area contributed by atoms with Gasteiger partial charge < -0.3 is 9.42 Å². The number of likely N-dealkylation sites (tertiary alicyclic amines) is 1. The Kier molecular flexibility index (Phi) is 5.16. The van der Waals surface area contributed by atoms with Gasteiger partial charge >= 0.3 is 0 Å². The van der Waals surface area contributed by atoms with E-state index in [1.807, 2.05) is 41.3 Å². The molecule has 0 spiro atoms.